The minimum Gasteiger partial charge on any atom is -0.384 e. The van der Waals surface area contributed by atoms with Crippen molar-refractivity contribution in [3.8, 4) is 0 Å². The Morgan fingerprint density at radius 2 is 1.50 bits per heavy atom. The van der Waals surface area contributed by atoms with E-state index >= 15 is 0 Å². The van der Waals surface area contributed by atoms with Crippen LogP contribution in [0.4, 0.5) is 0 Å². The number of hydrogen-bond donors (Lipinski definition) is 1. The van der Waals surface area contributed by atoms with Crippen LogP contribution in [0, 0.1) is 6.92 Å². The fraction of sp³-hybridized carbons (Fsp3) is 0.333. The molecule has 0 heterocycles. The number of aryl methyl sites for hydroxylation is 1. The second-order valence-corrected chi connectivity index (χ2v) is 6.69. The molecular formula is C18H21ClO. The monoisotopic (exact) mass is 288 g/mol. The van der Waals surface area contributed by atoms with Crippen molar-refractivity contribution in [1.82, 2.24) is 0 Å². The van der Waals surface area contributed by atoms with Gasteiger partial charge in [0.1, 0.15) is 6.10 Å². The SMILES string of the molecule is Cc1cc(C(O)c2ccc(C(C)(C)C)cc2)ccc1Cl. The van der Waals surface area contributed by atoms with Gasteiger partial charge in [0.2, 0.25) is 0 Å². The van der Waals surface area contributed by atoms with Gasteiger partial charge in [-0.1, -0.05) is 68.8 Å². The normalized spacial score (nSPS) is 13.3. The number of aliphatic hydroxyl groups excluding tert-OH is 1. The molecule has 0 aromatic heterocycles. The molecule has 0 aliphatic rings. The summed E-state index contributed by atoms with van der Waals surface area (Å²) in [6, 6.07) is 13.8. The Balaban J connectivity index is 2.29. The van der Waals surface area contributed by atoms with Crippen LogP contribution in [-0.2, 0) is 5.41 Å². The lowest BCUT2D eigenvalue weighted by molar-refractivity contribution is 0.220. The Morgan fingerprint density at radius 3 is 2.00 bits per heavy atom. The summed E-state index contributed by atoms with van der Waals surface area (Å²) in [5, 5.41) is 11.2. The van der Waals surface area contributed by atoms with Crippen LogP contribution in [0.5, 0.6) is 0 Å². The van der Waals surface area contributed by atoms with Crippen LogP contribution in [0.25, 0.3) is 0 Å². The summed E-state index contributed by atoms with van der Waals surface area (Å²) in [7, 11) is 0. The first-order valence-corrected chi connectivity index (χ1v) is 7.21. The molecule has 0 aliphatic heterocycles. The van der Waals surface area contributed by atoms with Crippen molar-refractivity contribution in [3.63, 3.8) is 0 Å². The summed E-state index contributed by atoms with van der Waals surface area (Å²) in [4.78, 5) is 0. The fourth-order valence-corrected chi connectivity index (χ4v) is 2.31. The molecule has 2 aromatic rings. The summed E-state index contributed by atoms with van der Waals surface area (Å²) in [6.07, 6.45) is -0.611. The van der Waals surface area contributed by atoms with Crippen LogP contribution in [-0.4, -0.2) is 5.11 Å². The van der Waals surface area contributed by atoms with E-state index in [1.807, 2.05) is 37.3 Å². The molecule has 0 amide bonds. The number of aliphatic hydroxyl groups is 1. The van der Waals surface area contributed by atoms with Gasteiger partial charge in [-0.25, -0.2) is 0 Å². The van der Waals surface area contributed by atoms with Crippen LogP contribution >= 0.6 is 11.6 Å². The van der Waals surface area contributed by atoms with Gasteiger partial charge >= 0.3 is 0 Å². The van der Waals surface area contributed by atoms with Gasteiger partial charge in [0, 0.05) is 5.02 Å². The van der Waals surface area contributed by atoms with E-state index in [4.69, 9.17) is 11.6 Å². The largest absolute Gasteiger partial charge is 0.384 e. The lowest BCUT2D eigenvalue weighted by atomic mass is 9.86. The lowest BCUT2D eigenvalue weighted by Gasteiger charge is -2.20. The van der Waals surface area contributed by atoms with Gasteiger partial charge in [-0.15, -0.1) is 0 Å². The van der Waals surface area contributed by atoms with E-state index in [9.17, 15) is 5.11 Å². The highest BCUT2D eigenvalue weighted by Gasteiger charge is 2.15. The standard InChI is InChI=1S/C18H21ClO/c1-12-11-14(7-10-16(12)19)17(20)13-5-8-15(9-6-13)18(2,3)4/h5-11,17,20H,1-4H3. The van der Waals surface area contributed by atoms with Gasteiger partial charge < -0.3 is 5.11 Å². The van der Waals surface area contributed by atoms with Crippen LogP contribution < -0.4 is 0 Å². The van der Waals surface area contributed by atoms with Gasteiger partial charge in [0.05, 0.1) is 0 Å². The van der Waals surface area contributed by atoms with Gasteiger partial charge in [0.15, 0.2) is 0 Å². The van der Waals surface area contributed by atoms with Crippen molar-refractivity contribution >= 4 is 11.6 Å². The first-order chi connectivity index (χ1) is 9.29. The van der Waals surface area contributed by atoms with E-state index in [1.165, 1.54) is 5.56 Å². The van der Waals surface area contributed by atoms with Gasteiger partial charge in [-0.2, -0.15) is 0 Å². The van der Waals surface area contributed by atoms with Crippen molar-refractivity contribution in [2.75, 3.05) is 0 Å². The Morgan fingerprint density at radius 1 is 0.950 bits per heavy atom. The first kappa shape index (κ1) is 15.1. The van der Waals surface area contributed by atoms with E-state index < -0.39 is 6.10 Å². The summed E-state index contributed by atoms with van der Waals surface area (Å²) < 4.78 is 0. The van der Waals surface area contributed by atoms with Crippen LogP contribution in [0.15, 0.2) is 42.5 Å². The zero-order chi connectivity index (χ0) is 14.9. The summed E-state index contributed by atoms with van der Waals surface area (Å²) in [5.74, 6) is 0. The van der Waals surface area contributed by atoms with Crippen molar-refractivity contribution < 1.29 is 5.11 Å². The van der Waals surface area contributed by atoms with Gasteiger partial charge in [0.25, 0.3) is 0 Å². The van der Waals surface area contributed by atoms with Crippen molar-refractivity contribution in [2.24, 2.45) is 0 Å². The second-order valence-electron chi connectivity index (χ2n) is 6.28. The average molecular weight is 289 g/mol. The molecule has 0 fully saturated rings. The molecule has 0 radical (unpaired) electrons. The molecule has 1 N–H and O–H groups in total. The second kappa shape index (κ2) is 5.59. The van der Waals surface area contributed by atoms with E-state index in [1.54, 1.807) is 0 Å². The Kier molecular flexibility index (Phi) is 4.22. The Hall–Kier alpha value is -1.31. The molecule has 0 saturated heterocycles. The van der Waals surface area contributed by atoms with E-state index in [0.717, 1.165) is 21.7 Å². The maximum atomic E-state index is 10.5. The van der Waals surface area contributed by atoms with Crippen LogP contribution in [0.3, 0.4) is 0 Å². The molecule has 0 aliphatic carbocycles. The van der Waals surface area contributed by atoms with Crippen molar-refractivity contribution in [2.45, 2.75) is 39.2 Å². The highest BCUT2D eigenvalue weighted by Crippen LogP contribution is 2.28. The third-order valence-corrected chi connectivity index (χ3v) is 4.01. The predicted molar refractivity (Wildman–Crippen MR) is 85.4 cm³/mol. The van der Waals surface area contributed by atoms with Crippen molar-refractivity contribution in [1.29, 1.82) is 0 Å². The number of hydrogen-bond acceptors (Lipinski definition) is 1. The molecule has 2 rings (SSSR count). The summed E-state index contributed by atoms with van der Waals surface area (Å²) in [6.45, 7) is 8.49. The van der Waals surface area contributed by atoms with Crippen LogP contribution in [0.1, 0.15) is 49.1 Å². The smallest absolute Gasteiger partial charge is 0.104 e. The zero-order valence-corrected chi connectivity index (χ0v) is 13.2. The molecule has 1 unspecified atom stereocenters. The van der Waals surface area contributed by atoms with Gasteiger partial charge in [-0.05, 0) is 40.7 Å². The van der Waals surface area contributed by atoms with E-state index in [-0.39, 0.29) is 5.41 Å². The number of rotatable bonds is 2. The minimum atomic E-state index is -0.611. The fourth-order valence-electron chi connectivity index (χ4n) is 2.20. The molecule has 2 aromatic carbocycles. The molecule has 0 bridgehead atoms. The lowest BCUT2D eigenvalue weighted by Crippen LogP contribution is -2.11. The third kappa shape index (κ3) is 3.23. The highest BCUT2D eigenvalue weighted by atomic mass is 35.5. The molecule has 0 saturated carbocycles. The minimum absolute atomic E-state index is 0.125. The predicted octanol–water partition coefficient (Wildman–Crippen LogP) is 5.03. The molecular weight excluding hydrogens is 268 g/mol. The number of halogens is 1. The molecule has 0 spiro atoms. The molecule has 1 nitrogen and oxygen atoms in total. The van der Waals surface area contributed by atoms with Crippen LogP contribution in [0.2, 0.25) is 5.02 Å². The maximum absolute atomic E-state index is 10.5. The third-order valence-electron chi connectivity index (χ3n) is 3.59. The molecule has 1 atom stereocenters. The first-order valence-electron chi connectivity index (χ1n) is 6.83. The molecule has 106 valence electrons. The highest BCUT2D eigenvalue weighted by molar-refractivity contribution is 6.31. The topological polar surface area (TPSA) is 20.2 Å². The molecule has 2 heteroatoms. The van der Waals surface area contributed by atoms with E-state index in [0.29, 0.717) is 0 Å². The average Bonchev–Trinajstić information content (AvgIpc) is 2.40. The quantitative estimate of drug-likeness (QED) is 0.822. The Labute approximate surface area is 126 Å². The molecule has 20 heavy (non-hydrogen) atoms. The van der Waals surface area contributed by atoms with Crippen molar-refractivity contribution in [3.05, 3.63) is 69.7 Å². The maximum Gasteiger partial charge on any atom is 0.104 e. The Bertz CT molecular complexity index is 594. The summed E-state index contributed by atoms with van der Waals surface area (Å²) in [5.41, 5.74) is 4.14. The van der Waals surface area contributed by atoms with Gasteiger partial charge in [-0.3, -0.25) is 0 Å². The van der Waals surface area contributed by atoms with E-state index in [2.05, 4.69) is 32.9 Å². The number of benzene rings is 2. The zero-order valence-electron chi connectivity index (χ0n) is 12.4. The summed E-state index contributed by atoms with van der Waals surface area (Å²) >= 11 is 6.02.